The van der Waals surface area contributed by atoms with Crippen molar-refractivity contribution in [2.45, 2.75) is 26.5 Å². The van der Waals surface area contributed by atoms with Gasteiger partial charge in [-0.05, 0) is 31.5 Å². The van der Waals surface area contributed by atoms with Crippen molar-refractivity contribution >= 4 is 29.9 Å². The molecule has 3 rings (SSSR count). The van der Waals surface area contributed by atoms with Gasteiger partial charge in [0.05, 0.1) is 25.0 Å². The zero-order valence-electron chi connectivity index (χ0n) is 16.9. The normalized spacial score (nSPS) is 17.4. The zero-order chi connectivity index (χ0) is 19.2. The van der Waals surface area contributed by atoms with Gasteiger partial charge in [0.25, 0.3) is 0 Å². The van der Waals surface area contributed by atoms with Gasteiger partial charge in [0.15, 0.2) is 11.8 Å². The van der Waals surface area contributed by atoms with Gasteiger partial charge in [-0.3, -0.25) is 4.99 Å². The summed E-state index contributed by atoms with van der Waals surface area (Å²) >= 11 is 0. The smallest absolute Gasteiger partial charge is 0.194 e. The van der Waals surface area contributed by atoms with Crippen LogP contribution in [0.2, 0.25) is 0 Å². The Morgan fingerprint density at radius 1 is 1.39 bits per heavy atom. The first-order chi connectivity index (χ1) is 13.1. The maximum Gasteiger partial charge on any atom is 0.194 e. The number of hydrogen-bond donors (Lipinski definition) is 1. The van der Waals surface area contributed by atoms with Crippen LogP contribution in [0.1, 0.15) is 17.0 Å². The second-order valence-electron chi connectivity index (χ2n) is 6.66. The second kappa shape index (κ2) is 10.7. The molecule has 28 heavy (non-hydrogen) atoms. The number of nitrogens with zero attached hydrogens (tertiary/aromatic N) is 5. The Bertz CT molecular complexity index is 775. The van der Waals surface area contributed by atoms with Crippen LogP contribution in [0.5, 0.6) is 0 Å². The van der Waals surface area contributed by atoms with Gasteiger partial charge >= 0.3 is 0 Å². The number of guanidine groups is 1. The average Bonchev–Trinajstić information content (AvgIpc) is 3.01. The topological polar surface area (TPSA) is 76.8 Å². The van der Waals surface area contributed by atoms with Crippen LogP contribution >= 0.6 is 24.0 Å². The van der Waals surface area contributed by atoms with Crippen molar-refractivity contribution in [1.82, 2.24) is 25.0 Å². The summed E-state index contributed by atoms with van der Waals surface area (Å²) in [5, 5.41) is 7.88. The van der Waals surface area contributed by atoms with Crippen LogP contribution in [0.25, 0.3) is 5.82 Å². The number of aromatic nitrogens is 3. The Morgan fingerprint density at radius 2 is 2.21 bits per heavy atom. The molecule has 8 nitrogen and oxygen atoms in total. The number of aliphatic imine (C=N–C) groups is 1. The van der Waals surface area contributed by atoms with Crippen LogP contribution in [-0.2, 0) is 16.0 Å². The predicted molar refractivity (Wildman–Crippen MR) is 120 cm³/mol. The maximum absolute atomic E-state index is 5.70. The summed E-state index contributed by atoms with van der Waals surface area (Å²) < 4.78 is 12.8. The predicted octanol–water partition coefficient (Wildman–Crippen LogP) is 1.92. The minimum atomic E-state index is 0. The van der Waals surface area contributed by atoms with E-state index in [-0.39, 0.29) is 30.1 Å². The molecule has 2 aromatic rings. The van der Waals surface area contributed by atoms with E-state index in [1.165, 1.54) is 0 Å². The number of hydrogen-bond acceptors (Lipinski definition) is 5. The Hall–Kier alpha value is -1.72. The summed E-state index contributed by atoms with van der Waals surface area (Å²) in [5.41, 5.74) is 3.15. The number of rotatable bonds is 5. The van der Waals surface area contributed by atoms with Gasteiger partial charge < -0.3 is 19.7 Å². The number of methoxy groups -OCH3 is 1. The zero-order valence-corrected chi connectivity index (χ0v) is 19.2. The van der Waals surface area contributed by atoms with Crippen LogP contribution in [0.3, 0.4) is 0 Å². The fourth-order valence-corrected chi connectivity index (χ4v) is 3.22. The first-order valence-corrected chi connectivity index (χ1v) is 9.15. The van der Waals surface area contributed by atoms with Crippen molar-refractivity contribution in [3.8, 4) is 5.82 Å². The van der Waals surface area contributed by atoms with E-state index in [2.05, 4.69) is 31.4 Å². The van der Waals surface area contributed by atoms with E-state index in [0.29, 0.717) is 19.8 Å². The summed E-state index contributed by atoms with van der Waals surface area (Å²) in [4.78, 5) is 11.1. The highest BCUT2D eigenvalue weighted by molar-refractivity contribution is 14.0. The molecule has 1 aliphatic heterocycles. The van der Waals surface area contributed by atoms with Gasteiger partial charge in [-0.25, -0.2) is 9.67 Å². The minimum absolute atomic E-state index is 0. The quantitative estimate of drug-likeness (QED) is 0.384. The molecule has 0 radical (unpaired) electrons. The van der Waals surface area contributed by atoms with E-state index in [1.807, 2.05) is 36.9 Å². The van der Waals surface area contributed by atoms with E-state index in [1.54, 1.807) is 14.2 Å². The van der Waals surface area contributed by atoms with Gasteiger partial charge in [0.2, 0.25) is 0 Å². The lowest BCUT2D eigenvalue weighted by Crippen LogP contribution is -2.51. The number of aryl methyl sites for hydroxylation is 2. The summed E-state index contributed by atoms with van der Waals surface area (Å²) in [6, 6.07) is 6.09. The molecule has 1 aliphatic rings. The summed E-state index contributed by atoms with van der Waals surface area (Å²) in [5.74, 6) is 1.69. The Morgan fingerprint density at radius 3 is 2.82 bits per heavy atom. The molecule has 0 saturated carbocycles. The highest BCUT2D eigenvalue weighted by atomic mass is 127. The maximum atomic E-state index is 5.70. The van der Waals surface area contributed by atoms with Crippen molar-refractivity contribution < 1.29 is 9.47 Å². The first kappa shape index (κ1) is 22.6. The largest absolute Gasteiger partial charge is 0.382 e. The fraction of sp³-hybridized carbons (Fsp3) is 0.526. The van der Waals surface area contributed by atoms with Crippen LogP contribution < -0.4 is 5.32 Å². The van der Waals surface area contributed by atoms with E-state index in [4.69, 9.17) is 9.47 Å². The highest BCUT2D eigenvalue weighted by Crippen LogP contribution is 2.11. The summed E-state index contributed by atoms with van der Waals surface area (Å²) in [7, 11) is 3.49. The van der Waals surface area contributed by atoms with Crippen molar-refractivity contribution in [3.05, 3.63) is 41.3 Å². The van der Waals surface area contributed by atoms with Gasteiger partial charge in [0.1, 0.15) is 0 Å². The molecule has 0 spiro atoms. The van der Waals surface area contributed by atoms with Crippen LogP contribution in [-0.4, -0.2) is 72.2 Å². The molecule has 1 unspecified atom stereocenters. The number of ether oxygens (including phenoxy) is 2. The molecule has 2 aromatic heterocycles. The molecule has 154 valence electrons. The molecule has 3 heterocycles. The summed E-state index contributed by atoms with van der Waals surface area (Å²) in [6.45, 7) is 7.51. The number of pyridine rings is 1. The molecule has 1 saturated heterocycles. The molecule has 0 aromatic carbocycles. The van der Waals surface area contributed by atoms with Gasteiger partial charge in [-0.15, -0.1) is 24.0 Å². The molecule has 1 fully saturated rings. The number of halogens is 1. The van der Waals surface area contributed by atoms with Crippen molar-refractivity contribution in [3.63, 3.8) is 0 Å². The Labute approximate surface area is 183 Å². The van der Waals surface area contributed by atoms with Gasteiger partial charge in [-0.1, -0.05) is 6.07 Å². The monoisotopic (exact) mass is 500 g/mol. The van der Waals surface area contributed by atoms with Crippen LogP contribution in [0, 0.1) is 13.8 Å². The Kier molecular flexibility index (Phi) is 8.64. The lowest BCUT2D eigenvalue weighted by molar-refractivity contribution is -0.0447. The average molecular weight is 500 g/mol. The standard InChI is InChI=1S/C19H28N6O2.HI/c1-14-9-15(2)25(23-14)18-6-5-16(10-21-18)11-22-19(20-3)24-7-8-27-17(12-24)13-26-4;/h5-6,9-10,17H,7-8,11-13H2,1-4H3,(H,20,22);1H. The molecule has 0 aliphatic carbocycles. The molecule has 1 atom stereocenters. The molecular formula is C19H29IN6O2. The lowest BCUT2D eigenvalue weighted by Gasteiger charge is -2.34. The van der Waals surface area contributed by atoms with Crippen molar-refractivity contribution in [2.75, 3.05) is 40.5 Å². The van der Waals surface area contributed by atoms with Gasteiger partial charge in [-0.2, -0.15) is 5.10 Å². The number of morpholine rings is 1. The lowest BCUT2D eigenvalue weighted by atomic mass is 10.2. The minimum Gasteiger partial charge on any atom is -0.382 e. The molecule has 0 bridgehead atoms. The highest BCUT2D eigenvalue weighted by Gasteiger charge is 2.22. The van der Waals surface area contributed by atoms with Crippen LogP contribution in [0.4, 0.5) is 0 Å². The molecule has 9 heteroatoms. The van der Waals surface area contributed by atoms with Crippen molar-refractivity contribution in [2.24, 2.45) is 4.99 Å². The summed E-state index contributed by atoms with van der Waals surface area (Å²) in [6.07, 6.45) is 1.95. The third-order valence-corrected chi connectivity index (χ3v) is 4.49. The first-order valence-electron chi connectivity index (χ1n) is 9.15. The van der Waals surface area contributed by atoms with E-state index in [9.17, 15) is 0 Å². The molecular weight excluding hydrogens is 471 g/mol. The Balaban J connectivity index is 0.00000280. The third-order valence-electron chi connectivity index (χ3n) is 4.49. The second-order valence-corrected chi connectivity index (χ2v) is 6.66. The third kappa shape index (κ3) is 5.65. The van der Waals surface area contributed by atoms with Gasteiger partial charge in [0, 0.05) is 45.7 Å². The number of nitrogens with one attached hydrogen (secondary N) is 1. The molecule has 0 amide bonds. The van der Waals surface area contributed by atoms with E-state index >= 15 is 0 Å². The van der Waals surface area contributed by atoms with Crippen LogP contribution in [0.15, 0.2) is 29.4 Å². The van der Waals surface area contributed by atoms with E-state index in [0.717, 1.165) is 41.8 Å². The van der Waals surface area contributed by atoms with E-state index < -0.39 is 0 Å². The molecule has 1 N–H and O–H groups in total. The van der Waals surface area contributed by atoms with Crippen molar-refractivity contribution in [1.29, 1.82) is 0 Å². The SMILES string of the molecule is CN=C(NCc1ccc(-n2nc(C)cc2C)nc1)N1CCOC(COC)C1.I. The fourth-order valence-electron chi connectivity index (χ4n) is 3.22.